The molecule has 1 rings (SSSR count). The monoisotopic (exact) mass is 149 g/mol. The maximum Gasteiger partial charge on any atom is 0.0986 e. The van der Waals surface area contributed by atoms with E-state index in [1.54, 1.807) is 0 Å². The molecule has 3 nitrogen and oxygen atoms in total. The quantitative estimate of drug-likeness (QED) is 0.520. The maximum absolute atomic E-state index is 8.69. The first-order chi connectivity index (χ1) is 5.38. The second kappa shape index (κ2) is 3.95. The Morgan fingerprint density at radius 1 is 1.36 bits per heavy atom. The molecule has 58 valence electrons. The summed E-state index contributed by atoms with van der Waals surface area (Å²) in [6.45, 7) is 1.31. The summed E-state index contributed by atoms with van der Waals surface area (Å²) in [6, 6.07) is 4.28. The zero-order valence-electron chi connectivity index (χ0n) is 6.45. The topological polar surface area (TPSA) is 50.8 Å². The van der Waals surface area contributed by atoms with Crippen molar-refractivity contribution in [1.29, 1.82) is 10.5 Å². The summed E-state index contributed by atoms with van der Waals surface area (Å²) in [4.78, 5) is 1.95. The minimum Gasteiger partial charge on any atom is -0.275 e. The Hall–Kier alpha value is -1.06. The molecular formula is C8H11N3. The van der Waals surface area contributed by atoms with E-state index in [0.29, 0.717) is 6.54 Å². The number of hydrogen-bond acceptors (Lipinski definition) is 3. The summed E-state index contributed by atoms with van der Waals surface area (Å²) in [5, 5.41) is 17.1. The third-order valence-electron chi connectivity index (χ3n) is 2.04. The van der Waals surface area contributed by atoms with Crippen molar-refractivity contribution in [3.8, 4) is 12.1 Å². The van der Waals surface area contributed by atoms with Crippen LogP contribution in [-0.2, 0) is 0 Å². The molecule has 1 heterocycles. The highest BCUT2D eigenvalue weighted by Crippen LogP contribution is 2.14. The second-order valence-electron chi connectivity index (χ2n) is 2.77. The standard InChI is InChI=1S/C8H11N3/c9-4-6-11-5-2-1-3-8(11)7-10/h8H,1-3,5-6H2. The van der Waals surface area contributed by atoms with Gasteiger partial charge in [0.15, 0.2) is 0 Å². The predicted octanol–water partition coefficient (Wildman–Crippen LogP) is 0.888. The van der Waals surface area contributed by atoms with Gasteiger partial charge in [-0.3, -0.25) is 4.90 Å². The van der Waals surface area contributed by atoms with Crippen LogP contribution in [0.25, 0.3) is 0 Å². The van der Waals surface area contributed by atoms with Crippen LogP contribution in [0.2, 0.25) is 0 Å². The highest BCUT2D eigenvalue weighted by atomic mass is 15.2. The summed E-state index contributed by atoms with van der Waals surface area (Å²) in [6.07, 6.45) is 3.18. The molecule has 1 aliphatic heterocycles. The van der Waals surface area contributed by atoms with E-state index in [1.807, 2.05) is 4.90 Å². The van der Waals surface area contributed by atoms with E-state index in [0.717, 1.165) is 25.8 Å². The van der Waals surface area contributed by atoms with Gasteiger partial charge in [0.25, 0.3) is 0 Å². The first-order valence-electron chi connectivity index (χ1n) is 3.89. The van der Waals surface area contributed by atoms with Crippen LogP contribution in [0.1, 0.15) is 19.3 Å². The fraction of sp³-hybridized carbons (Fsp3) is 0.750. The van der Waals surface area contributed by atoms with Crippen LogP contribution in [0.5, 0.6) is 0 Å². The lowest BCUT2D eigenvalue weighted by Gasteiger charge is -2.28. The van der Waals surface area contributed by atoms with E-state index in [4.69, 9.17) is 10.5 Å². The Morgan fingerprint density at radius 2 is 2.18 bits per heavy atom. The molecule has 3 heteroatoms. The van der Waals surface area contributed by atoms with Crippen LogP contribution in [-0.4, -0.2) is 24.0 Å². The van der Waals surface area contributed by atoms with Gasteiger partial charge in [0.05, 0.1) is 24.7 Å². The van der Waals surface area contributed by atoms with Crippen molar-refractivity contribution in [2.75, 3.05) is 13.1 Å². The average molecular weight is 149 g/mol. The molecule has 0 spiro atoms. The fourth-order valence-corrected chi connectivity index (χ4v) is 1.42. The lowest BCUT2D eigenvalue weighted by molar-refractivity contribution is 0.206. The number of nitrogens with zero attached hydrogens (tertiary/aromatic N) is 3. The Bertz CT molecular complexity index is 198. The molecule has 1 saturated heterocycles. The van der Waals surface area contributed by atoms with Crippen molar-refractivity contribution in [3.05, 3.63) is 0 Å². The largest absolute Gasteiger partial charge is 0.275 e. The molecule has 1 unspecified atom stereocenters. The van der Waals surface area contributed by atoms with Crippen LogP contribution >= 0.6 is 0 Å². The van der Waals surface area contributed by atoms with Gasteiger partial charge in [0.2, 0.25) is 0 Å². The molecule has 1 atom stereocenters. The summed E-state index contributed by atoms with van der Waals surface area (Å²) in [7, 11) is 0. The van der Waals surface area contributed by atoms with Gasteiger partial charge in [-0.05, 0) is 19.3 Å². The van der Waals surface area contributed by atoms with Gasteiger partial charge < -0.3 is 0 Å². The lowest BCUT2D eigenvalue weighted by Crippen LogP contribution is -2.38. The maximum atomic E-state index is 8.69. The third kappa shape index (κ3) is 1.93. The lowest BCUT2D eigenvalue weighted by atomic mass is 10.0. The first kappa shape index (κ1) is 8.04. The molecule has 0 aliphatic carbocycles. The van der Waals surface area contributed by atoms with Gasteiger partial charge in [-0.1, -0.05) is 0 Å². The number of piperidine rings is 1. The van der Waals surface area contributed by atoms with Gasteiger partial charge in [-0.15, -0.1) is 0 Å². The normalized spacial score (nSPS) is 25.5. The van der Waals surface area contributed by atoms with Crippen LogP contribution in [0, 0.1) is 22.7 Å². The first-order valence-corrected chi connectivity index (χ1v) is 3.89. The zero-order valence-corrected chi connectivity index (χ0v) is 6.45. The third-order valence-corrected chi connectivity index (χ3v) is 2.04. The van der Waals surface area contributed by atoms with E-state index >= 15 is 0 Å². The highest BCUT2D eigenvalue weighted by molar-refractivity contribution is 4.96. The molecular weight excluding hydrogens is 138 g/mol. The van der Waals surface area contributed by atoms with E-state index in [2.05, 4.69) is 12.1 Å². The molecule has 11 heavy (non-hydrogen) atoms. The van der Waals surface area contributed by atoms with Crippen LogP contribution in [0.3, 0.4) is 0 Å². The van der Waals surface area contributed by atoms with Crippen LogP contribution < -0.4 is 0 Å². The van der Waals surface area contributed by atoms with Crippen molar-refractivity contribution < 1.29 is 0 Å². The van der Waals surface area contributed by atoms with E-state index in [9.17, 15) is 0 Å². The Labute approximate surface area is 66.8 Å². The number of rotatable bonds is 1. The summed E-state index contributed by atoms with van der Waals surface area (Å²) in [5.41, 5.74) is 0. The van der Waals surface area contributed by atoms with Gasteiger partial charge in [-0.25, -0.2) is 0 Å². The van der Waals surface area contributed by atoms with Gasteiger partial charge in [0, 0.05) is 6.54 Å². The minimum atomic E-state index is -0.0107. The van der Waals surface area contributed by atoms with Gasteiger partial charge in [-0.2, -0.15) is 10.5 Å². The minimum absolute atomic E-state index is 0.0107. The molecule has 0 aromatic rings. The molecule has 0 amide bonds. The molecule has 0 N–H and O–H groups in total. The smallest absolute Gasteiger partial charge is 0.0986 e. The SMILES string of the molecule is N#CCN1CCCCC1C#N. The molecule has 0 aromatic carbocycles. The Kier molecular flexibility index (Phi) is 2.89. The van der Waals surface area contributed by atoms with Crippen molar-refractivity contribution >= 4 is 0 Å². The fourth-order valence-electron chi connectivity index (χ4n) is 1.42. The number of likely N-dealkylation sites (tertiary alicyclic amines) is 1. The molecule has 0 aromatic heterocycles. The van der Waals surface area contributed by atoms with E-state index < -0.39 is 0 Å². The van der Waals surface area contributed by atoms with Gasteiger partial charge in [0.1, 0.15) is 0 Å². The Balaban J connectivity index is 2.47. The van der Waals surface area contributed by atoms with Crippen LogP contribution in [0.4, 0.5) is 0 Å². The second-order valence-corrected chi connectivity index (χ2v) is 2.77. The van der Waals surface area contributed by atoms with Gasteiger partial charge >= 0.3 is 0 Å². The molecule has 0 radical (unpaired) electrons. The van der Waals surface area contributed by atoms with Crippen molar-refractivity contribution in [2.45, 2.75) is 25.3 Å². The average Bonchev–Trinajstić information content (AvgIpc) is 2.06. The zero-order chi connectivity index (χ0) is 8.10. The van der Waals surface area contributed by atoms with Crippen LogP contribution in [0.15, 0.2) is 0 Å². The van der Waals surface area contributed by atoms with Crippen molar-refractivity contribution in [1.82, 2.24) is 4.90 Å². The summed E-state index contributed by atoms with van der Waals surface area (Å²) < 4.78 is 0. The molecule has 1 fully saturated rings. The summed E-state index contributed by atoms with van der Waals surface area (Å²) >= 11 is 0. The molecule has 0 saturated carbocycles. The van der Waals surface area contributed by atoms with E-state index in [1.165, 1.54) is 0 Å². The molecule has 0 bridgehead atoms. The summed E-state index contributed by atoms with van der Waals surface area (Å²) in [5.74, 6) is 0. The predicted molar refractivity (Wildman–Crippen MR) is 40.4 cm³/mol. The molecule has 1 aliphatic rings. The number of hydrogen-bond donors (Lipinski definition) is 0. The number of nitriles is 2. The Morgan fingerprint density at radius 3 is 2.82 bits per heavy atom. The van der Waals surface area contributed by atoms with Crippen molar-refractivity contribution in [2.24, 2.45) is 0 Å². The van der Waals surface area contributed by atoms with Crippen molar-refractivity contribution in [3.63, 3.8) is 0 Å². The highest BCUT2D eigenvalue weighted by Gasteiger charge is 2.20. The van der Waals surface area contributed by atoms with E-state index in [-0.39, 0.29) is 6.04 Å².